The van der Waals surface area contributed by atoms with Crippen molar-refractivity contribution >= 4 is 15.9 Å². The molecule has 0 amide bonds. The molecule has 1 aromatic rings. The van der Waals surface area contributed by atoms with Crippen molar-refractivity contribution in [2.75, 3.05) is 0 Å². The second-order valence-electron chi connectivity index (χ2n) is 5.39. The molecule has 1 atom stereocenters. The first-order valence-electron chi connectivity index (χ1n) is 7.57. The molecule has 1 heterocycles. The van der Waals surface area contributed by atoms with Crippen molar-refractivity contribution in [1.29, 1.82) is 0 Å². The van der Waals surface area contributed by atoms with E-state index < -0.39 is 0 Å². The van der Waals surface area contributed by atoms with Gasteiger partial charge < -0.3 is 5.73 Å². The number of nitrogens with two attached hydrogens (primary N) is 1. The average Bonchev–Trinajstić information content (AvgIpc) is 2.37. The molecular formula is C16H27BrN2. The molecule has 0 aliphatic rings. The number of unbranched alkanes of at least 4 members (excludes halogenated alkanes) is 6. The van der Waals surface area contributed by atoms with Gasteiger partial charge in [0.05, 0.1) is 0 Å². The summed E-state index contributed by atoms with van der Waals surface area (Å²) in [6.07, 6.45) is 15.2. The monoisotopic (exact) mass is 326 g/mol. The van der Waals surface area contributed by atoms with Crippen LogP contribution in [-0.2, 0) is 6.42 Å². The molecule has 2 N–H and O–H groups in total. The van der Waals surface area contributed by atoms with Crippen LogP contribution in [0.15, 0.2) is 22.9 Å². The Morgan fingerprint density at radius 3 is 2.47 bits per heavy atom. The van der Waals surface area contributed by atoms with Crippen LogP contribution < -0.4 is 5.73 Å². The molecule has 2 nitrogen and oxygen atoms in total. The van der Waals surface area contributed by atoms with E-state index in [1.54, 1.807) is 0 Å². The SMILES string of the molecule is CCCCCCCCCC(N)Cc1cncc(Br)c1. The van der Waals surface area contributed by atoms with Crippen LogP contribution in [0.5, 0.6) is 0 Å². The van der Waals surface area contributed by atoms with Crippen LogP contribution in [0.4, 0.5) is 0 Å². The Kier molecular flexibility index (Phi) is 9.10. The quantitative estimate of drug-likeness (QED) is 0.624. The van der Waals surface area contributed by atoms with Gasteiger partial charge in [0, 0.05) is 22.9 Å². The lowest BCUT2D eigenvalue weighted by atomic mass is 10.0. The molecule has 19 heavy (non-hydrogen) atoms. The Labute approximate surface area is 126 Å². The summed E-state index contributed by atoms with van der Waals surface area (Å²) in [4.78, 5) is 4.17. The van der Waals surface area contributed by atoms with E-state index in [-0.39, 0.29) is 6.04 Å². The van der Waals surface area contributed by atoms with Crippen molar-refractivity contribution in [3.05, 3.63) is 28.5 Å². The Morgan fingerprint density at radius 2 is 1.79 bits per heavy atom. The largest absolute Gasteiger partial charge is 0.327 e. The molecule has 1 aromatic heterocycles. The van der Waals surface area contributed by atoms with Gasteiger partial charge in [-0.15, -0.1) is 0 Å². The molecule has 0 saturated carbocycles. The predicted molar refractivity (Wildman–Crippen MR) is 86.2 cm³/mol. The van der Waals surface area contributed by atoms with E-state index in [1.807, 2.05) is 12.4 Å². The van der Waals surface area contributed by atoms with Gasteiger partial charge in [-0.2, -0.15) is 0 Å². The summed E-state index contributed by atoms with van der Waals surface area (Å²) in [6.45, 7) is 2.26. The lowest BCUT2D eigenvalue weighted by Crippen LogP contribution is -2.22. The fourth-order valence-electron chi connectivity index (χ4n) is 2.34. The van der Waals surface area contributed by atoms with Crippen LogP contribution in [0.1, 0.15) is 63.9 Å². The minimum Gasteiger partial charge on any atom is -0.327 e. The number of nitrogens with zero attached hydrogens (tertiary/aromatic N) is 1. The predicted octanol–water partition coefficient (Wildman–Crippen LogP) is 4.85. The molecule has 108 valence electrons. The number of pyridine rings is 1. The molecule has 0 aliphatic heterocycles. The molecule has 1 unspecified atom stereocenters. The van der Waals surface area contributed by atoms with Gasteiger partial charge in [0.1, 0.15) is 0 Å². The Bertz CT molecular complexity index is 341. The van der Waals surface area contributed by atoms with Crippen LogP contribution in [0.3, 0.4) is 0 Å². The molecular weight excluding hydrogens is 300 g/mol. The van der Waals surface area contributed by atoms with Crippen LogP contribution in [0.25, 0.3) is 0 Å². The highest BCUT2D eigenvalue weighted by Gasteiger charge is 2.04. The van der Waals surface area contributed by atoms with Crippen molar-refractivity contribution in [1.82, 2.24) is 4.98 Å². The van der Waals surface area contributed by atoms with Crippen molar-refractivity contribution in [3.63, 3.8) is 0 Å². The number of hydrogen-bond acceptors (Lipinski definition) is 2. The molecule has 0 spiro atoms. The molecule has 3 heteroatoms. The normalized spacial score (nSPS) is 12.6. The van der Waals surface area contributed by atoms with Crippen molar-refractivity contribution in [2.45, 2.75) is 70.8 Å². The van der Waals surface area contributed by atoms with E-state index in [9.17, 15) is 0 Å². The highest BCUT2D eigenvalue weighted by molar-refractivity contribution is 9.10. The number of halogens is 1. The van der Waals surface area contributed by atoms with E-state index >= 15 is 0 Å². The Balaban J connectivity index is 2.06. The smallest absolute Gasteiger partial charge is 0.0410 e. The molecule has 1 rings (SSSR count). The first-order valence-corrected chi connectivity index (χ1v) is 8.36. The molecule has 0 fully saturated rings. The van der Waals surface area contributed by atoms with E-state index in [4.69, 9.17) is 5.73 Å². The fourth-order valence-corrected chi connectivity index (χ4v) is 2.75. The Morgan fingerprint density at radius 1 is 1.11 bits per heavy atom. The molecule has 0 saturated heterocycles. The van der Waals surface area contributed by atoms with Crippen molar-refractivity contribution in [2.24, 2.45) is 5.73 Å². The summed E-state index contributed by atoms with van der Waals surface area (Å²) in [5.41, 5.74) is 7.40. The van der Waals surface area contributed by atoms with Crippen LogP contribution >= 0.6 is 15.9 Å². The maximum Gasteiger partial charge on any atom is 0.0410 e. The van der Waals surface area contributed by atoms with Gasteiger partial charge in [-0.05, 0) is 40.4 Å². The van der Waals surface area contributed by atoms with Gasteiger partial charge in [0.2, 0.25) is 0 Å². The van der Waals surface area contributed by atoms with Gasteiger partial charge in [-0.1, -0.05) is 51.9 Å². The number of rotatable bonds is 10. The lowest BCUT2D eigenvalue weighted by Gasteiger charge is -2.11. The van der Waals surface area contributed by atoms with Gasteiger partial charge in [-0.3, -0.25) is 4.98 Å². The molecule has 0 aliphatic carbocycles. The topological polar surface area (TPSA) is 38.9 Å². The summed E-state index contributed by atoms with van der Waals surface area (Å²) in [5.74, 6) is 0. The zero-order valence-electron chi connectivity index (χ0n) is 12.1. The zero-order chi connectivity index (χ0) is 13.9. The van der Waals surface area contributed by atoms with Gasteiger partial charge in [0.25, 0.3) is 0 Å². The number of hydrogen-bond donors (Lipinski definition) is 1. The third-order valence-corrected chi connectivity index (χ3v) is 3.87. The summed E-state index contributed by atoms with van der Waals surface area (Å²) in [5, 5.41) is 0. The fraction of sp³-hybridized carbons (Fsp3) is 0.688. The molecule has 0 radical (unpaired) electrons. The van der Waals surface area contributed by atoms with Crippen LogP contribution in [-0.4, -0.2) is 11.0 Å². The second kappa shape index (κ2) is 10.4. The first kappa shape index (κ1) is 16.6. The van der Waals surface area contributed by atoms with E-state index in [0.717, 1.165) is 17.3 Å². The highest BCUT2D eigenvalue weighted by Crippen LogP contribution is 2.14. The summed E-state index contributed by atoms with van der Waals surface area (Å²) in [6, 6.07) is 2.38. The standard InChI is InChI=1S/C16H27BrN2/c1-2-3-4-5-6-7-8-9-16(18)11-14-10-15(17)13-19-12-14/h10,12-13,16H,2-9,11,18H2,1H3. The lowest BCUT2D eigenvalue weighted by molar-refractivity contribution is 0.528. The van der Waals surface area contributed by atoms with E-state index in [0.29, 0.717) is 0 Å². The minimum absolute atomic E-state index is 0.270. The van der Waals surface area contributed by atoms with Crippen molar-refractivity contribution < 1.29 is 0 Å². The third-order valence-electron chi connectivity index (χ3n) is 3.44. The molecule has 0 bridgehead atoms. The summed E-state index contributed by atoms with van der Waals surface area (Å²) in [7, 11) is 0. The zero-order valence-corrected chi connectivity index (χ0v) is 13.7. The number of aromatic nitrogens is 1. The van der Waals surface area contributed by atoms with E-state index in [1.165, 1.54) is 50.5 Å². The minimum atomic E-state index is 0.270. The molecule has 0 aromatic carbocycles. The van der Waals surface area contributed by atoms with Gasteiger partial charge >= 0.3 is 0 Å². The second-order valence-corrected chi connectivity index (χ2v) is 6.30. The van der Waals surface area contributed by atoms with Crippen LogP contribution in [0, 0.1) is 0 Å². The van der Waals surface area contributed by atoms with Crippen LogP contribution in [0.2, 0.25) is 0 Å². The van der Waals surface area contributed by atoms with Crippen molar-refractivity contribution in [3.8, 4) is 0 Å². The Hall–Kier alpha value is -0.410. The summed E-state index contributed by atoms with van der Waals surface area (Å²) >= 11 is 3.44. The van der Waals surface area contributed by atoms with E-state index in [2.05, 4.69) is 33.9 Å². The third kappa shape index (κ3) is 8.38. The van der Waals surface area contributed by atoms with Gasteiger partial charge in [0.15, 0.2) is 0 Å². The maximum atomic E-state index is 6.18. The summed E-state index contributed by atoms with van der Waals surface area (Å²) < 4.78 is 1.04. The average molecular weight is 327 g/mol. The van der Waals surface area contributed by atoms with Gasteiger partial charge in [-0.25, -0.2) is 0 Å². The highest BCUT2D eigenvalue weighted by atomic mass is 79.9. The first-order chi connectivity index (χ1) is 9.22. The maximum absolute atomic E-state index is 6.18.